The number of hydrogen-bond donors (Lipinski definition) is 1. The highest BCUT2D eigenvalue weighted by atomic mass is 16.5. The highest BCUT2D eigenvalue weighted by Gasteiger charge is 2.09. The molecular formula is C14H21N3O2. The lowest BCUT2D eigenvalue weighted by molar-refractivity contribution is 0.0682. The van der Waals surface area contributed by atoms with Gasteiger partial charge in [0, 0.05) is 20.3 Å². The molecule has 2 aromatic rings. The van der Waals surface area contributed by atoms with Crippen LogP contribution in [-0.2, 0) is 16.0 Å². The van der Waals surface area contributed by atoms with Crippen molar-refractivity contribution in [2.75, 3.05) is 32.7 Å². The summed E-state index contributed by atoms with van der Waals surface area (Å²) in [6.45, 7) is 4.87. The first-order chi connectivity index (χ1) is 9.24. The molecule has 104 valence electrons. The van der Waals surface area contributed by atoms with E-state index < -0.39 is 0 Å². The van der Waals surface area contributed by atoms with Crippen molar-refractivity contribution in [3.63, 3.8) is 0 Å². The first-order valence-electron chi connectivity index (χ1n) is 6.52. The van der Waals surface area contributed by atoms with Gasteiger partial charge in [0.25, 0.3) is 0 Å². The smallest absolute Gasteiger partial charge is 0.201 e. The maximum atomic E-state index is 5.98. The molecule has 0 bridgehead atoms. The van der Waals surface area contributed by atoms with Crippen molar-refractivity contribution in [3.05, 3.63) is 23.8 Å². The van der Waals surface area contributed by atoms with E-state index in [0.717, 1.165) is 24.0 Å². The molecule has 0 aliphatic carbocycles. The fourth-order valence-corrected chi connectivity index (χ4v) is 2.18. The van der Waals surface area contributed by atoms with Gasteiger partial charge in [-0.25, -0.2) is 4.98 Å². The zero-order chi connectivity index (χ0) is 13.7. The monoisotopic (exact) mass is 263 g/mol. The van der Waals surface area contributed by atoms with E-state index >= 15 is 0 Å². The van der Waals surface area contributed by atoms with Gasteiger partial charge in [0.15, 0.2) is 0 Å². The molecule has 0 unspecified atom stereocenters. The number of para-hydroxylation sites is 1. The van der Waals surface area contributed by atoms with E-state index in [1.165, 1.54) is 5.56 Å². The zero-order valence-electron chi connectivity index (χ0n) is 11.6. The summed E-state index contributed by atoms with van der Waals surface area (Å²) >= 11 is 0. The van der Waals surface area contributed by atoms with Crippen LogP contribution in [0, 0.1) is 6.92 Å². The summed E-state index contributed by atoms with van der Waals surface area (Å²) in [5.74, 6) is 0.571. The highest BCUT2D eigenvalue weighted by Crippen LogP contribution is 2.21. The predicted octanol–water partition coefficient (Wildman–Crippen LogP) is 1.98. The lowest BCUT2D eigenvalue weighted by Gasteiger charge is -2.08. The molecule has 1 aromatic heterocycles. The molecule has 0 saturated carbocycles. The standard InChI is InChI=1S/C14H21N3O2/c1-11-5-3-6-12-13(11)17(14(15)16-12)7-4-8-19-10-9-18-2/h3,5-6H,4,7-10H2,1-2H3,(H2,15,16). The molecule has 0 aliphatic rings. The topological polar surface area (TPSA) is 62.3 Å². The maximum Gasteiger partial charge on any atom is 0.201 e. The Labute approximate surface area is 113 Å². The van der Waals surface area contributed by atoms with Crippen LogP contribution in [0.3, 0.4) is 0 Å². The average molecular weight is 263 g/mol. The summed E-state index contributed by atoms with van der Waals surface area (Å²) in [7, 11) is 1.67. The second kappa shape index (κ2) is 6.54. The number of aryl methyl sites for hydroxylation is 2. The molecule has 2 N–H and O–H groups in total. The minimum atomic E-state index is 0.571. The van der Waals surface area contributed by atoms with Crippen molar-refractivity contribution in [1.29, 1.82) is 0 Å². The molecule has 5 nitrogen and oxygen atoms in total. The fraction of sp³-hybridized carbons (Fsp3) is 0.500. The SMILES string of the molecule is COCCOCCCn1c(N)nc2cccc(C)c21. The summed E-state index contributed by atoms with van der Waals surface area (Å²) < 4.78 is 12.4. The van der Waals surface area contributed by atoms with Gasteiger partial charge in [-0.1, -0.05) is 12.1 Å². The van der Waals surface area contributed by atoms with Crippen LogP contribution < -0.4 is 5.73 Å². The lowest BCUT2D eigenvalue weighted by Crippen LogP contribution is -2.08. The molecule has 1 aromatic carbocycles. The third-order valence-corrected chi connectivity index (χ3v) is 3.10. The Kier molecular flexibility index (Phi) is 4.76. The molecule has 0 fully saturated rings. The average Bonchev–Trinajstić information content (AvgIpc) is 2.71. The Hall–Kier alpha value is -1.59. The number of anilines is 1. The summed E-state index contributed by atoms with van der Waals surface area (Å²) in [4.78, 5) is 4.38. The second-order valence-corrected chi connectivity index (χ2v) is 4.52. The van der Waals surface area contributed by atoms with Crippen LogP contribution in [0.4, 0.5) is 5.95 Å². The molecule has 0 atom stereocenters. The van der Waals surface area contributed by atoms with E-state index in [4.69, 9.17) is 15.2 Å². The van der Waals surface area contributed by atoms with Crippen LogP contribution in [0.2, 0.25) is 0 Å². The Balaban J connectivity index is 1.98. The Morgan fingerprint density at radius 2 is 2.11 bits per heavy atom. The molecule has 2 rings (SSSR count). The number of methoxy groups -OCH3 is 1. The number of rotatable bonds is 7. The van der Waals surface area contributed by atoms with Gasteiger partial charge < -0.3 is 19.8 Å². The largest absolute Gasteiger partial charge is 0.382 e. The summed E-state index contributed by atoms with van der Waals surface area (Å²) in [5.41, 5.74) is 9.25. The van der Waals surface area contributed by atoms with E-state index in [0.29, 0.717) is 25.8 Å². The zero-order valence-corrected chi connectivity index (χ0v) is 11.6. The molecule has 0 saturated heterocycles. The molecule has 0 spiro atoms. The van der Waals surface area contributed by atoms with E-state index in [2.05, 4.69) is 22.5 Å². The maximum absolute atomic E-state index is 5.98. The molecule has 0 amide bonds. The molecule has 5 heteroatoms. The fourth-order valence-electron chi connectivity index (χ4n) is 2.18. The quantitative estimate of drug-likeness (QED) is 0.776. The first-order valence-corrected chi connectivity index (χ1v) is 6.52. The van der Waals surface area contributed by atoms with Gasteiger partial charge in [0.05, 0.1) is 24.2 Å². The van der Waals surface area contributed by atoms with E-state index in [1.54, 1.807) is 7.11 Å². The van der Waals surface area contributed by atoms with Gasteiger partial charge in [0.2, 0.25) is 5.95 Å². The van der Waals surface area contributed by atoms with Crippen molar-refractivity contribution in [1.82, 2.24) is 9.55 Å². The van der Waals surface area contributed by atoms with Crippen molar-refractivity contribution in [2.24, 2.45) is 0 Å². The van der Waals surface area contributed by atoms with Crippen LogP contribution in [0.25, 0.3) is 11.0 Å². The number of nitrogens with zero attached hydrogens (tertiary/aromatic N) is 2. The van der Waals surface area contributed by atoms with Crippen LogP contribution in [0.5, 0.6) is 0 Å². The van der Waals surface area contributed by atoms with E-state index in [-0.39, 0.29) is 0 Å². The van der Waals surface area contributed by atoms with Gasteiger partial charge >= 0.3 is 0 Å². The van der Waals surface area contributed by atoms with Crippen molar-refractivity contribution < 1.29 is 9.47 Å². The number of imidazole rings is 1. The Bertz CT molecular complexity index is 537. The minimum absolute atomic E-state index is 0.571. The number of nitrogen functional groups attached to an aromatic ring is 1. The van der Waals surface area contributed by atoms with Crippen LogP contribution >= 0.6 is 0 Å². The van der Waals surface area contributed by atoms with E-state index in [1.807, 2.05) is 12.1 Å². The predicted molar refractivity (Wildman–Crippen MR) is 76.2 cm³/mol. The molecule has 19 heavy (non-hydrogen) atoms. The second-order valence-electron chi connectivity index (χ2n) is 4.52. The normalized spacial score (nSPS) is 11.3. The van der Waals surface area contributed by atoms with Crippen molar-refractivity contribution in [3.8, 4) is 0 Å². The Morgan fingerprint density at radius 1 is 1.26 bits per heavy atom. The van der Waals surface area contributed by atoms with Gasteiger partial charge in [-0.15, -0.1) is 0 Å². The lowest BCUT2D eigenvalue weighted by atomic mass is 10.2. The van der Waals surface area contributed by atoms with E-state index in [9.17, 15) is 0 Å². The van der Waals surface area contributed by atoms with Gasteiger partial charge in [0.1, 0.15) is 0 Å². The third kappa shape index (κ3) is 3.24. The summed E-state index contributed by atoms with van der Waals surface area (Å²) in [6, 6.07) is 6.07. The van der Waals surface area contributed by atoms with Crippen LogP contribution in [0.1, 0.15) is 12.0 Å². The van der Waals surface area contributed by atoms with Gasteiger partial charge in [-0.2, -0.15) is 0 Å². The number of nitrogens with two attached hydrogens (primary N) is 1. The Morgan fingerprint density at radius 3 is 2.89 bits per heavy atom. The van der Waals surface area contributed by atoms with Crippen LogP contribution in [-0.4, -0.2) is 36.5 Å². The number of benzene rings is 1. The van der Waals surface area contributed by atoms with Gasteiger partial charge in [-0.05, 0) is 25.0 Å². The third-order valence-electron chi connectivity index (χ3n) is 3.10. The number of fused-ring (bicyclic) bond motifs is 1. The summed E-state index contributed by atoms with van der Waals surface area (Å²) in [5, 5.41) is 0. The first kappa shape index (κ1) is 13.8. The molecular weight excluding hydrogens is 242 g/mol. The van der Waals surface area contributed by atoms with Gasteiger partial charge in [-0.3, -0.25) is 0 Å². The molecule has 0 radical (unpaired) electrons. The highest BCUT2D eigenvalue weighted by molar-refractivity contribution is 5.81. The molecule has 0 aliphatic heterocycles. The molecule has 1 heterocycles. The summed E-state index contributed by atoms with van der Waals surface area (Å²) in [6.07, 6.45) is 0.910. The van der Waals surface area contributed by atoms with Crippen molar-refractivity contribution in [2.45, 2.75) is 19.9 Å². The number of hydrogen-bond acceptors (Lipinski definition) is 4. The van der Waals surface area contributed by atoms with Crippen LogP contribution in [0.15, 0.2) is 18.2 Å². The minimum Gasteiger partial charge on any atom is -0.382 e. The number of ether oxygens (including phenoxy) is 2. The number of aromatic nitrogens is 2. The van der Waals surface area contributed by atoms with Crippen molar-refractivity contribution >= 4 is 17.0 Å².